The van der Waals surface area contributed by atoms with Crippen LogP contribution in [0.3, 0.4) is 0 Å². The van der Waals surface area contributed by atoms with Gasteiger partial charge in [0.05, 0.1) is 18.8 Å². The number of nitrogens with zero attached hydrogens (tertiary/aromatic N) is 2. The minimum absolute atomic E-state index is 0.0391. The fraction of sp³-hybridized carbons (Fsp3) is 0.682. The van der Waals surface area contributed by atoms with Crippen LogP contribution in [0.25, 0.3) is 0 Å². The zero-order valence-electron chi connectivity index (χ0n) is 16.4. The zero-order chi connectivity index (χ0) is 18.5. The summed E-state index contributed by atoms with van der Waals surface area (Å²) in [5.74, 6) is 0.0876. The molecular weight excluding hydrogens is 338 g/mol. The molecule has 1 aromatic rings. The minimum Gasteiger partial charge on any atom is -0.378 e. The van der Waals surface area contributed by atoms with Crippen molar-refractivity contribution in [1.82, 2.24) is 10.2 Å². The van der Waals surface area contributed by atoms with Gasteiger partial charge in [-0.1, -0.05) is 19.3 Å². The SMILES string of the molecule is O=C(NC1(CN2CCCC2)CCCCC1)c1ccc(N2CCOCC2)cc1. The smallest absolute Gasteiger partial charge is 0.251 e. The molecule has 0 unspecified atom stereocenters. The first-order chi connectivity index (χ1) is 13.2. The largest absolute Gasteiger partial charge is 0.378 e. The standard InChI is InChI=1S/C22H33N3O2/c26-21(19-6-8-20(9-7-19)25-14-16-27-17-15-25)23-22(10-2-1-3-11-22)18-24-12-4-5-13-24/h6-9H,1-5,10-18H2,(H,23,26). The molecule has 1 saturated carbocycles. The highest BCUT2D eigenvalue weighted by Crippen LogP contribution is 2.30. The summed E-state index contributed by atoms with van der Waals surface area (Å²) < 4.78 is 5.42. The fourth-order valence-corrected chi connectivity index (χ4v) is 4.88. The van der Waals surface area contributed by atoms with Crippen molar-refractivity contribution in [3.63, 3.8) is 0 Å². The Bertz CT molecular complexity index is 613. The van der Waals surface area contributed by atoms with Gasteiger partial charge >= 0.3 is 0 Å². The number of amides is 1. The lowest BCUT2D eigenvalue weighted by Gasteiger charge is -2.41. The van der Waals surface area contributed by atoms with E-state index in [9.17, 15) is 4.79 Å². The van der Waals surface area contributed by atoms with Crippen LogP contribution >= 0.6 is 0 Å². The number of hydrogen-bond donors (Lipinski definition) is 1. The minimum atomic E-state index is -0.0391. The molecule has 0 radical (unpaired) electrons. The summed E-state index contributed by atoms with van der Waals surface area (Å²) in [4.78, 5) is 17.9. The average molecular weight is 372 g/mol. The molecule has 1 aliphatic carbocycles. The number of carbonyl (C=O) groups excluding carboxylic acids is 1. The number of hydrogen-bond acceptors (Lipinski definition) is 4. The van der Waals surface area contributed by atoms with E-state index < -0.39 is 0 Å². The highest BCUT2D eigenvalue weighted by molar-refractivity contribution is 5.95. The Morgan fingerprint density at radius 2 is 1.59 bits per heavy atom. The van der Waals surface area contributed by atoms with E-state index in [2.05, 4.69) is 27.2 Å². The van der Waals surface area contributed by atoms with Crippen LogP contribution in [0.4, 0.5) is 5.69 Å². The molecule has 27 heavy (non-hydrogen) atoms. The summed E-state index contributed by atoms with van der Waals surface area (Å²) in [5, 5.41) is 3.46. The topological polar surface area (TPSA) is 44.8 Å². The molecule has 1 aromatic carbocycles. The lowest BCUT2D eigenvalue weighted by atomic mass is 9.81. The van der Waals surface area contributed by atoms with Gasteiger partial charge in [-0.2, -0.15) is 0 Å². The molecule has 2 aliphatic heterocycles. The van der Waals surface area contributed by atoms with Gasteiger partial charge in [0.15, 0.2) is 0 Å². The lowest BCUT2D eigenvalue weighted by molar-refractivity contribution is 0.0822. The van der Waals surface area contributed by atoms with Crippen LogP contribution in [0.5, 0.6) is 0 Å². The van der Waals surface area contributed by atoms with Crippen molar-refractivity contribution < 1.29 is 9.53 Å². The number of anilines is 1. The second-order valence-corrected chi connectivity index (χ2v) is 8.42. The van der Waals surface area contributed by atoms with Crippen LogP contribution < -0.4 is 10.2 Å². The number of benzene rings is 1. The Balaban J connectivity index is 1.42. The van der Waals surface area contributed by atoms with Crippen molar-refractivity contribution in [2.24, 2.45) is 0 Å². The third-order valence-electron chi connectivity index (χ3n) is 6.42. The van der Waals surface area contributed by atoms with Gasteiger partial charge in [0.25, 0.3) is 5.91 Å². The Morgan fingerprint density at radius 3 is 2.26 bits per heavy atom. The molecule has 0 atom stereocenters. The van der Waals surface area contributed by atoms with Crippen molar-refractivity contribution in [1.29, 1.82) is 0 Å². The van der Waals surface area contributed by atoms with E-state index in [1.165, 1.54) is 50.9 Å². The lowest BCUT2D eigenvalue weighted by Crippen LogP contribution is -2.56. The highest BCUT2D eigenvalue weighted by atomic mass is 16.5. The van der Waals surface area contributed by atoms with Gasteiger partial charge in [-0.25, -0.2) is 0 Å². The molecule has 2 saturated heterocycles. The van der Waals surface area contributed by atoms with Gasteiger partial charge in [0, 0.05) is 30.9 Å². The van der Waals surface area contributed by atoms with Crippen LogP contribution in [0.2, 0.25) is 0 Å². The van der Waals surface area contributed by atoms with Gasteiger partial charge in [-0.05, 0) is 63.0 Å². The quantitative estimate of drug-likeness (QED) is 0.864. The monoisotopic (exact) mass is 371 g/mol. The van der Waals surface area contributed by atoms with Gasteiger partial charge in [-0.3, -0.25) is 4.79 Å². The van der Waals surface area contributed by atoms with Crippen LogP contribution in [0, 0.1) is 0 Å². The van der Waals surface area contributed by atoms with Crippen molar-refractivity contribution in [3.05, 3.63) is 29.8 Å². The Hall–Kier alpha value is -1.59. The van der Waals surface area contributed by atoms with Crippen LogP contribution in [-0.4, -0.2) is 62.3 Å². The molecule has 0 bridgehead atoms. The molecule has 0 spiro atoms. The number of nitrogens with one attached hydrogen (secondary N) is 1. The normalized spacial score (nSPS) is 23.3. The molecule has 4 rings (SSSR count). The highest BCUT2D eigenvalue weighted by Gasteiger charge is 2.36. The summed E-state index contributed by atoms with van der Waals surface area (Å²) in [6.07, 6.45) is 8.57. The third-order valence-corrected chi connectivity index (χ3v) is 6.42. The summed E-state index contributed by atoms with van der Waals surface area (Å²) in [7, 11) is 0. The Kier molecular flexibility index (Phi) is 5.98. The van der Waals surface area contributed by atoms with E-state index in [1.54, 1.807) is 0 Å². The molecule has 1 N–H and O–H groups in total. The molecule has 148 valence electrons. The second kappa shape index (κ2) is 8.61. The van der Waals surface area contributed by atoms with Gasteiger partial charge in [-0.15, -0.1) is 0 Å². The van der Waals surface area contributed by atoms with Gasteiger partial charge in [0.2, 0.25) is 0 Å². The number of morpholine rings is 1. The molecule has 5 heteroatoms. The number of carbonyl (C=O) groups is 1. The fourth-order valence-electron chi connectivity index (χ4n) is 4.88. The second-order valence-electron chi connectivity index (χ2n) is 8.42. The molecular formula is C22H33N3O2. The molecule has 3 aliphatic rings. The summed E-state index contributed by atoms with van der Waals surface area (Å²) in [6, 6.07) is 8.11. The third kappa shape index (κ3) is 4.64. The predicted molar refractivity (Wildman–Crippen MR) is 108 cm³/mol. The summed E-state index contributed by atoms with van der Waals surface area (Å²) in [6.45, 7) is 6.79. The van der Waals surface area contributed by atoms with Gasteiger partial charge < -0.3 is 19.9 Å². The molecule has 3 fully saturated rings. The van der Waals surface area contributed by atoms with Crippen LogP contribution in [-0.2, 0) is 4.74 Å². The number of rotatable bonds is 5. The van der Waals surface area contributed by atoms with Crippen LogP contribution in [0.1, 0.15) is 55.3 Å². The first kappa shape index (κ1) is 18.8. The van der Waals surface area contributed by atoms with E-state index in [4.69, 9.17) is 4.74 Å². The first-order valence-electron chi connectivity index (χ1n) is 10.7. The van der Waals surface area contributed by atoms with Gasteiger partial charge in [0.1, 0.15) is 0 Å². The number of ether oxygens (including phenoxy) is 1. The Labute approximate surface area is 163 Å². The van der Waals surface area contributed by atoms with Crippen molar-refractivity contribution >= 4 is 11.6 Å². The van der Waals surface area contributed by atoms with Crippen molar-refractivity contribution in [2.45, 2.75) is 50.5 Å². The van der Waals surface area contributed by atoms with E-state index in [-0.39, 0.29) is 11.4 Å². The van der Waals surface area contributed by atoms with E-state index in [0.717, 1.165) is 51.3 Å². The molecule has 5 nitrogen and oxygen atoms in total. The summed E-state index contributed by atoms with van der Waals surface area (Å²) in [5.41, 5.74) is 1.92. The maximum Gasteiger partial charge on any atom is 0.251 e. The van der Waals surface area contributed by atoms with Crippen molar-refractivity contribution in [3.8, 4) is 0 Å². The number of likely N-dealkylation sites (tertiary alicyclic amines) is 1. The predicted octanol–water partition coefficient (Wildman–Crippen LogP) is 3.05. The van der Waals surface area contributed by atoms with Crippen molar-refractivity contribution in [2.75, 3.05) is 50.8 Å². The maximum absolute atomic E-state index is 13.0. The Morgan fingerprint density at radius 1 is 0.926 bits per heavy atom. The molecule has 0 aromatic heterocycles. The van der Waals surface area contributed by atoms with Crippen LogP contribution in [0.15, 0.2) is 24.3 Å². The maximum atomic E-state index is 13.0. The van der Waals surface area contributed by atoms with E-state index >= 15 is 0 Å². The first-order valence-corrected chi connectivity index (χ1v) is 10.7. The summed E-state index contributed by atoms with van der Waals surface area (Å²) >= 11 is 0. The zero-order valence-corrected chi connectivity index (χ0v) is 16.4. The van der Waals surface area contributed by atoms with E-state index in [0.29, 0.717) is 0 Å². The van der Waals surface area contributed by atoms with E-state index in [1.807, 2.05) is 12.1 Å². The molecule has 1 amide bonds. The average Bonchev–Trinajstić information content (AvgIpc) is 3.22. The molecule has 2 heterocycles.